The van der Waals surface area contributed by atoms with E-state index in [1.54, 1.807) is 12.1 Å². The van der Waals surface area contributed by atoms with E-state index in [0.717, 1.165) is 15.6 Å². The second kappa shape index (κ2) is 6.25. The summed E-state index contributed by atoms with van der Waals surface area (Å²) in [6.07, 6.45) is 0. The number of benzene rings is 2. The average molecular weight is 357 g/mol. The second-order valence-corrected chi connectivity index (χ2v) is 6.11. The van der Waals surface area contributed by atoms with Crippen molar-refractivity contribution in [2.24, 2.45) is 0 Å². The minimum atomic E-state index is -0.394. The molecule has 0 aliphatic rings. The summed E-state index contributed by atoms with van der Waals surface area (Å²) in [5.41, 5.74) is 4.45. The molecule has 0 spiro atoms. The number of hydrogen-bond donors (Lipinski definition) is 1. The highest BCUT2D eigenvalue weighted by molar-refractivity contribution is 9.10. The van der Waals surface area contributed by atoms with Gasteiger partial charge in [0.25, 0.3) is 0 Å². The van der Waals surface area contributed by atoms with Crippen LogP contribution < -0.4 is 5.32 Å². The molecule has 1 N–H and O–H groups in total. The Bertz CT molecular complexity index is 643. The standard InChI is InChI=1S/C16H16BrClFN/c1-9-7-13(17)10(2)6-12(9)16(20-3)11-4-5-15(19)14(18)8-11/h4-8,16,20H,1-3H3. The normalized spacial score (nSPS) is 12.5. The third-order valence-electron chi connectivity index (χ3n) is 3.42. The monoisotopic (exact) mass is 355 g/mol. The Morgan fingerprint density at radius 3 is 2.45 bits per heavy atom. The van der Waals surface area contributed by atoms with Crippen molar-refractivity contribution in [2.45, 2.75) is 19.9 Å². The first kappa shape index (κ1) is 15.5. The Kier molecular flexibility index (Phi) is 4.84. The Balaban J connectivity index is 2.52. The van der Waals surface area contributed by atoms with Crippen molar-refractivity contribution in [3.05, 3.63) is 67.9 Å². The molecular weight excluding hydrogens is 341 g/mol. The van der Waals surface area contributed by atoms with Crippen LogP contribution in [-0.2, 0) is 0 Å². The maximum atomic E-state index is 13.3. The molecule has 0 fully saturated rings. The molecule has 106 valence electrons. The van der Waals surface area contributed by atoms with Crippen LogP contribution in [0.15, 0.2) is 34.8 Å². The topological polar surface area (TPSA) is 12.0 Å². The van der Waals surface area contributed by atoms with Crippen molar-refractivity contribution >= 4 is 27.5 Å². The zero-order valence-corrected chi connectivity index (χ0v) is 13.9. The summed E-state index contributed by atoms with van der Waals surface area (Å²) in [6.45, 7) is 4.12. The predicted molar refractivity (Wildman–Crippen MR) is 85.9 cm³/mol. The van der Waals surface area contributed by atoms with E-state index in [1.807, 2.05) is 7.05 Å². The van der Waals surface area contributed by atoms with E-state index >= 15 is 0 Å². The summed E-state index contributed by atoms with van der Waals surface area (Å²) >= 11 is 9.43. The van der Waals surface area contributed by atoms with Crippen molar-refractivity contribution in [3.63, 3.8) is 0 Å². The zero-order chi connectivity index (χ0) is 14.9. The molecule has 0 radical (unpaired) electrons. The molecule has 0 aliphatic carbocycles. The molecule has 2 aromatic carbocycles. The van der Waals surface area contributed by atoms with E-state index in [0.29, 0.717) is 0 Å². The van der Waals surface area contributed by atoms with Crippen LogP contribution >= 0.6 is 27.5 Å². The molecule has 0 saturated heterocycles. The van der Waals surface area contributed by atoms with E-state index in [4.69, 9.17) is 11.6 Å². The van der Waals surface area contributed by atoms with E-state index in [2.05, 4.69) is 47.2 Å². The van der Waals surface area contributed by atoms with Crippen molar-refractivity contribution < 1.29 is 4.39 Å². The fourth-order valence-electron chi connectivity index (χ4n) is 2.31. The first-order valence-electron chi connectivity index (χ1n) is 6.33. The van der Waals surface area contributed by atoms with Crippen LogP contribution in [0.4, 0.5) is 4.39 Å². The minimum Gasteiger partial charge on any atom is -0.309 e. The zero-order valence-electron chi connectivity index (χ0n) is 11.6. The van der Waals surface area contributed by atoms with Crippen molar-refractivity contribution in [1.82, 2.24) is 5.32 Å². The lowest BCUT2D eigenvalue weighted by atomic mass is 9.93. The maximum absolute atomic E-state index is 13.3. The fourth-order valence-corrected chi connectivity index (χ4v) is 2.95. The molecule has 0 amide bonds. The lowest BCUT2D eigenvalue weighted by Gasteiger charge is -2.21. The molecule has 4 heteroatoms. The Labute approximate surface area is 132 Å². The summed E-state index contributed by atoms with van der Waals surface area (Å²) in [7, 11) is 1.89. The van der Waals surface area contributed by atoms with E-state index in [9.17, 15) is 4.39 Å². The van der Waals surface area contributed by atoms with Gasteiger partial charge < -0.3 is 5.32 Å². The Morgan fingerprint density at radius 1 is 1.15 bits per heavy atom. The number of aryl methyl sites for hydroxylation is 2. The van der Waals surface area contributed by atoms with Crippen molar-refractivity contribution in [2.75, 3.05) is 7.05 Å². The maximum Gasteiger partial charge on any atom is 0.141 e. The van der Waals surface area contributed by atoms with Gasteiger partial charge in [0, 0.05) is 4.47 Å². The second-order valence-electron chi connectivity index (χ2n) is 4.85. The highest BCUT2D eigenvalue weighted by Gasteiger charge is 2.16. The fraction of sp³-hybridized carbons (Fsp3) is 0.250. The van der Waals surface area contributed by atoms with E-state index < -0.39 is 5.82 Å². The summed E-state index contributed by atoms with van der Waals surface area (Å²) < 4.78 is 14.4. The molecule has 2 rings (SSSR count). The van der Waals surface area contributed by atoms with Crippen molar-refractivity contribution in [3.8, 4) is 0 Å². The third-order valence-corrected chi connectivity index (χ3v) is 4.57. The predicted octanol–water partition coefficient (Wildman–Crippen LogP) is 5.17. The number of rotatable bonds is 3. The third kappa shape index (κ3) is 3.05. The molecule has 0 saturated carbocycles. The van der Waals surface area contributed by atoms with Gasteiger partial charge in [-0.05, 0) is 61.3 Å². The highest BCUT2D eigenvalue weighted by atomic mass is 79.9. The van der Waals surface area contributed by atoms with Gasteiger partial charge in [0.05, 0.1) is 11.1 Å². The first-order valence-corrected chi connectivity index (χ1v) is 7.50. The minimum absolute atomic E-state index is 0.0140. The molecule has 0 aliphatic heterocycles. The molecule has 1 atom stereocenters. The molecule has 0 bridgehead atoms. The van der Waals surface area contributed by atoms with Gasteiger partial charge in [0.1, 0.15) is 5.82 Å². The highest BCUT2D eigenvalue weighted by Crippen LogP contribution is 2.30. The molecule has 0 heterocycles. The first-order chi connectivity index (χ1) is 9.43. The summed E-state index contributed by atoms with van der Waals surface area (Å²) in [4.78, 5) is 0. The van der Waals surface area contributed by atoms with Crippen molar-refractivity contribution in [1.29, 1.82) is 0 Å². The van der Waals surface area contributed by atoms with Gasteiger partial charge in [-0.2, -0.15) is 0 Å². The summed E-state index contributed by atoms with van der Waals surface area (Å²) in [5.74, 6) is -0.394. The quantitative estimate of drug-likeness (QED) is 0.800. The van der Waals surface area contributed by atoms with Gasteiger partial charge in [0.15, 0.2) is 0 Å². The van der Waals surface area contributed by atoms with E-state index in [-0.39, 0.29) is 11.1 Å². The molecule has 20 heavy (non-hydrogen) atoms. The van der Waals surface area contributed by atoms with Crippen LogP contribution in [0.3, 0.4) is 0 Å². The summed E-state index contributed by atoms with van der Waals surface area (Å²) in [6, 6.07) is 9.06. The van der Waals surface area contributed by atoms with Crippen LogP contribution in [0.1, 0.15) is 28.3 Å². The van der Waals surface area contributed by atoms with Gasteiger partial charge in [-0.25, -0.2) is 4.39 Å². The largest absolute Gasteiger partial charge is 0.309 e. The smallest absolute Gasteiger partial charge is 0.141 e. The van der Waals surface area contributed by atoms with Crippen LogP contribution in [0.25, 0.3) is 0 Å². The molecule has 1 unspecified atom stereocenters. The number of hydrogen-bond acceptors (Lipinski definition) is 1. The van der Waals surface area contributed by atoms with Gasteiger partial charge in [0.2, 0.25) is 0 Å². The Hall–Kier alpha value is -0.900. The molecule has 1 nitrogen and oxygen atoms in total. The summed E-state index contributed by atoms with van der Waals surface area (Å²) in [5, 5.41) is 3.42. The lowest BCUT2D eigenvalue weighted by molar-refractivity contribution is 0.623. The van der Waals surface area contributed by atoms with Crippen LogP contribution in [-0.4, -0.2) is 7.05 Å². The van der Waals surface area contributed by atoms with Crippen LogP contribution in [0.2, 0.25) is 5.02 Å². The van der Waals surface area contributed by atoms with Crippen LogP contribution in [0, 0.1) is 19.7 Å². The van der Waals surface area contributed by atoms with Crippen LogP contribution in [0.5, 0.6) is 0 Å². The van der Waals surface area contributed by atoms with Gasteiger partial charge in [-0.1, -0.05) is 39.7 Å². The van der Waals surface area contributed by atoms with Gasteiger partial charge >= 0.3 is 0 Å². The SMILES string of the molecule is CNC(c1ccc(F)c(Cl)c1)c1cc(C)c(Br)cc1C. The average Bonchev–Trinajstić information content (AvgIpc) is 2.40. The number of halogens is 3. The molecule has 2 aromatic rings. The number of nitrogens with one attached hydrogen (secondary N) is 1. The lowest BCUT2D eigenvalue weighted by Crippen LogP contribution is -2.19. The molecule has 0 aromatic heterocycles. The van der Waals surface area contributed by atoms with Gasteiger partial charge in [-0.15, -0.1) is 0 Å². The molecular formula is C16H16BrClFN. The van der Waals surface area contributed by atoms with E-state index in [1.165, 1.54) is 17.2 Å². The van der Waals surface area contributed by atoms with Gasteiger partial charge in [-0.3, -0.25) is 0 Å². The Morgan fingerprint density at radius 2 is 1.85 bits per heavy atom.